The van der Waals surface area contributed by atoms with Crippen LogP contribution in [-0.2, 0) is 12.6 Å². The number of pyridine rings is 1. The molecule has 0 saturated heterocycles. The third-order valence-corrected chi connectivity index (χ3v) is 4.47. The first kappa shape index (κ1) is 21.0. The summed E-state index contributed by atoms with van der Waals surface area (Å²) in [6.07, 6.45) is -4.19. The fourth-order valence-electron chi connectivity index (χ4n) is 2.90. The minimum Gasteiger partial charge on any atom is -0.384 e. The first-order valence-electron chi connectivity index (χ1n) is 8.84. The van der Waals surface area contributed by atoms with Crippen LogP contribution in [0.4, 0.5) is 23.4 Å². The summed E-state index contributed by atoms with van der Waals surface area (Å²) < 4.78 is 51.9. The van der Waals surface area contributed by atoms with Crippen LogP contribution in [0.15, 0.2) is 54.6 Å². The number of aryl methyl sites for hydroxylation is 1. The summed E-state index contributed by atoms with van der Waals surface area (Å²) in [5.74, 6) is -0.950. The Balaban J connectivity index is 1.78. The number of halogens is 4. The van der Waals surface area contributed by atoms with E-state index in [1.54, 1.807) is 12.1 Å². The van der Waals surface area contributed by atoms with E-state index in [-0.39, 0.29) is 35.7 Å². The average molecular weight is 413 g/mol. The lowest BCUT2D eigenvalue weighted by Crippen LogP contribution is -2.07. The Hall–Kier alpha value is -3.73. The lowest BCUT2D eigenvalue weighted by atomic mass is 10.0. The summed E-state index contributed by atoms with van der Waals surface area (Å²) in [5.41, 5.74) is 6.45. The highest BCUT2D eigenvalue weighted by Gasteiger charge is 2.30. The van der Waals surface area contributed by atoms with Gasteiger partial charge in [-0.25, -0.2) is 9.37 Å². The first-order chi connectivity index (χ1) is 14.2. The third kappa shape index (κ3) is 4.81. The number of hydrogen-bond donors (Lipinski definition) is 1. The molecule has 4 nitrogen and oxygen atoms in total. The molecule has 3 rings (SSSR count). The molecule has 0 saturated carbocycles. The molecule has 0 aliphatic rings. The Morgan fingerprint density at radius 3 is 2.33 bits per heavy atom. The van der Waals surface area contributed by atoms with Crippen molar-refractivity contribution in [3.05, 3.63) is 82.8 Å². The number of Topliss-reactive ketones (excluding diaryl/α,β-unsaturated/α-hetero) is 1. The van der Waals surface area contributed by atoms with Crippen LogP contribution in [-0.4, -0.2) is 10.8 Å². The molecule has 0 unspecified atom stereocenters. The Bertz CT molecular complexity index is 1130. The second kappa shape index (κ2) is 8.33. The zero-order chi connectivity index (χ0) is 21.9. The molecule has 0 spiro atoms. The van der Waals surface area contributed by atoms with Crippen LogP contribution in [0.25, 0.3) is 11.1 Å². The van der Waals surface area contributed by atoms with Gasteiger partial charge in [-0.05, 0) is 59.5 Å². The number of benzene rings is 2. The molecule has 2 aromatic carbocycles. The molecular weight excluding hydrogens is 398 g/mol. The van der Waals surface area contributed by atoms with Crippen LogP contribution in [0, 0.1) is 17.1 Å². The molecule has 0 bridgehead atoms. The topological polar surface area (TPSA) is 79.8 Å². The summed E-state index contributed by atoms with van der Waals surface area (Å²) in [5, 5.41) is 8.76. The maximum atomic E-state index is 13.7. The van der Waals surface area contributed by atoms with Crippen molar-refractivity contribution in [1.82, 2.24) is 4.98 Å². The fourth-order valence-corrected chi connectivity index (χ4v) is 2.90. The first-order valence-corrected chi connectivity index (χ1v) is 8.84. The Morgan fingerprint density at radius 2 is 1.73 bits per heavy atom. The van der Waals surface area contributed by atoms with Crippen LogP contribution < -0.4 is 5.73 Å². The van der Waals surface area contributed by atoms with Gasteiger partial charge in [-0.1, -0.05) is 18.2 Å². The molecular formula is C22H15F4N3O. The third-order valence-electron chi connectivity index (χ3n) is 4.47. The molecule has 0 amide bonds. The molecule has 30 heavy (non-hydrogen) atoms. The zero-order valence-electron chi connectivity index (χ0n) is 15.5. The molecule has 0 atom stereocenters. The van der Waals surface area contributed by atoms with Crippen molar-refractivity contribution in [2.24, 2.45) is 0 Å². The van der Waals surface area contributed by atoms with Gasteiger partial charge >= 0.3 is 6.18 Å². The number of carbonyl (C=O) groups is 1. The maximum Gasteiger partial charge on any atom is 0.416 e. The number of hydrogen-bond acceptors (Lipinski definition) is 4. The summed E-state index contributed by atoms with van der Waals surface area (Å²) in [6, 6.07) is 13.3. The molecule has 0 radical (unpaired) electrons. The van der Waals surface area contributed by atoms with Crippen LogP contribution in [0.1, 0.15) is 33.6 Å². The molecule has 1 heterocycles. The standard InChI is InChI=1S/C22H15F4N3O/c23-18-9-13(1-3-15(18)12-27)2-8-20(30)19-10-16(11-21(28)29-19)14-4-6-17(7-5-14)22(24,25)26/h1,3-7,9-11H,2,8H2,(H2,28,29). The van der Waals surface area contributed by atoms with Gasteiger partial charge in [-0.3, -0.25) is 4.79 Å². The van der Waals surface area contributed by atoms with Gasteiger partial charge in [0.15, 0.2) is 5.78 Å². The quantitative estimate of drug-likeness (QED) is 0.462. The molecule has 152 valence electrons. The fraction of sp³-hybridized carbons (Fsp3) is 0.136. The van der Waals surface area contributed by atoms with Crippen LogP contribution in [0.3, 0.4) is 0 Å². The summed E-state index contributed by atoms with van der Waals surface area (Å²) >= 11 is 0. The second-order valence-corrected chi connectivity index (χ2v) is 6.59. The normalized spacial score (nSPS) is 11.2. The van der Waals surface area contributed by atoms with Gasteiger partial charge in [0.2, 0.25) is 0 Å². The lowest BCUT2D eigenvalue weighted by Gasteiger charge is -2.09. The van der Waals surface area contributed by atoms with Crippen molar-refractivity contribution in [1.29, 1.82) is 5.26 Å². The highest BCUT2D eigenvalue weighted by atomic mass is 19.4. The van der Waals surface area contributed by atoms with Crippen LogP contribution in [0.5, 0.6) is 0 Å². The molecule has 1 aromatic heterocycles. The average Bonchev–Trinajstić information content (AvgIpc) is 2.71. The highest BCUT2D eigenvalue weighted by molar-refractivity contribution is 5.96. The van der Waals surface area contributed by atoms with Crippen LogP contribution >= 0.6 is 0 Å². The minimum atomic E-state index is -4.44. The number of nitrogens with two attached hydrogens (primary N) is 1. The number of rotatable bonds is 5. The lowest BCUT2D eigenvalue weighted by molar-refractivity contribution is -0.137. The van der Waals surface area contributed by atoms with E-state index >= 15 is 0 Å². The second-order valence-electron chi connectivity index (χ2n) is 6.59. The molecule has 0 aliphatic heterocycles. The van der Waals surface area contributed by atoms with E-state index in [0.717, 1.165) is 12.1 Å². The predicted octanol–water partition coefficient (Wildman–Crippen LogP) is 5.18. The van der Waals surface area contributed by atoms with E-state index in [1.807, 2.05) is 0 Å². The number of nitrogens with zero attached hydrogens (tertiary/aromatic N) is 2. The van der Waals surface area contributed by atoms with E-state index < -0.39 is 17.6 Å². The van der Waals surface area contributed by atoms with E-state index in [4.69, 9.17) is 11.0 Å². The Kier molecular flexibility index (Phi) is 5.83. The van der Waals surface area contributed by atoms with Crippen LogP contribution in [0.2, 0.25) is 0 Å². The summed E-state index contributed by atoms with van der Waals surface area (Å²) in [7, 11) is 0. The van der Waals surface area contributed by atoms with Gasteiger partial charge in [0.25, 0.3) is 0 Å². The van der Waals surface area contributed by atoms with Crippen molar-refractivity contribution < 1.29 is 22.4 Å². The van der Waals surface area contributed by atoms with E-state index in [9.17, 15) is 22.4 Å². The van der Waals surface area contributed by atoms with E-state index in [0.29, 0.717) is 16.7 Å². The van der Waals surface area contributed by atoms with E-state index in [2.05, 4.69) is 4.98 Å². The van der Waals surface area contributed by atoms with Crippen molar-refractivity contribution in [2.75, 3.05) is 5.73 Å². The number of carbonyl (C=O) groups excluding carboxylic acids is 1. The smallest absolute Gasteiger partial charge is 0.384 e. The van der Waals surface area contributed by atoms with Gasteiger partial charge in [-0.15, -0.1) is 0 Å². The number of alkyl halides is 3. The van der Waals surface area contributed by atoms with Crippen molar-refractivity contribution in [3.63, 3.8) is 0 Å². The number of nitrogen functional groups attached to an aromatic ring is 1. The Labute approximate surface area is 169 Å². The molecule has 3 aromatic rings. The van der Waals surface area contributed by atoms with E-state index in [1.165, 1.54) is 36.4 Å². The maximum absolute atomic E-state index is 13.7. The largest absolute Gasteiger partial charge is 0.416 e. The van der Waals surface area contributed by atoms with Gasteiger partial charge in [0.1, 0.15) is 23.4 Å². The number of anilines is 1. The van der Waals surface area contributed by atoms with Gasteiger partial charge in [0.05, 0.1) is 11.1 Å². The molecule has 0 aliphatic carbocycles. The van der Waals surface area contributed by atoms with Crippen molar-refractivity contribution in [3.8, 4) is 17.2 Å². The SMILES string of the molecule is N#Cc1ccc(CCC(=O)c2cc(-c3ccc(C(F)(F)F)cc3)cc(N)n2)cc1F. The number of aromatic nitrogens is 1. The van der Waals surface area contributed by atoms with Crippen molar-refractivity contribution >= 4 is 11.6 Å². The van der Waals surface area contributed by atoms with Crippen molar-refractivity contribution in [2.45, 2.75) is 19.0 Å². The number of nitriles is 1. The highest BCUT2D eigenvalue weighted by Crippen LogP contribution is 2.31. The Morgan fingerprint density at radius 1 is 1.03 bits per heavy atom. The van der Waals surface area contributed by atoms with Gasteiger partial charge in [0, 0.05) is 6.42 Å². The van der Waals surface area contributed by atoms with Gasteiger partial charge in [-0.2, -0.15) is 18.4 Å². The molecule has 8 heteroatoms. The summed E-state index contributed by atoms with van der Waals surface area (Å²) in [4.78, 5) is 16.5. The molecule has 2 N–H and O–H groups in total. The summed E-state index contributed by atoms with van der Waals surface area (Å²) in [6.45, 7) is 0. The van der Waals surface area contributed by atoms with Gasteiger partial charge < -0.3 is 5.73 Å². The predicted molar refractivity (Wildman–Crippen MR) is 103 cm³/mol. The minimum absolute atomic E-state index is 0.0221. The monoisotopic (exact) mass is 413 g/mol. The molecule has 0 fully saturated rings. The number of ketones is 1. The zero-order valence-corrected chi connectivity index (χ0v) is 15.5.